The fraction of sp³-hybridized carbons (Fsp3) is 0.273. The van der Waals surface area contributed by atoms with Crippen molar-refractivity contribution < 1.29 is 22.3 Å². The number of aromatic nitrogens is 1. The van der Waals surface area contributed by atoms with Crippen molar-refractivity contribution in [1.82, 2.24) is 9.29 Å². The van der Waals surface area contributed by atoms with E-state index in [1.54, 1.807) is 0 Å². The highest BCUT2D eigenvalue weighted by atomic mass is 35.5. The third-order valence-electron chi connectivity index (χ3n) is 5.36. The minimum absolute atomic E-state index is 0.00356. The normalized spacial score (nSPS) is 15.8. The number of hydrogen-bond donors (Lipinski definition) is 0. The second-order valence-electron chi connectivity index (χ2n) is 7.37. The van der Waals surface area contributed by atoms with Crippen LogP contribution in [-0.4, -0.2) is 36.8 Å². The van der Waals surface area contributed by atoms with E-state index in [1.807, 2.05) is 30.3 Å². The second-order valence-corrected chi connectivity index (χ2v) is 9.67. The highest BCUT2D eigenvalue weighted by Crippen LogP contribution is 2.26. The zero-order valence-corrected chi connectivity index (χ0v) is 18.1. The molecule has 31 heavy (non-hydrogen) atoms. The maximum absolute atomic E-state index is 13.1. The molecule has 0 amide bonds. The Hall–Kier alpha value is -2.55. The lowest BCUT2D eigenvalue weighted by atomic mass is 9.98. The minimum Gasteiger partial charge on any atom is -0.460 e. The molecular weight excluding hydrogens is 443 g/mol. The number of carbonyl (C=O) groups excluding carboxylic acids is 1. The smallest absolute Gasteiger partial charge is 0.309 e. The summed E-state index contributed by atoms with van der Waals surface area (Å²) in [5.74, 6) is -1.28. The van der Waals surface area contributed by atoms with Crippen molar-refractivity contribution in [3.63, 3.8) is 0 Å². The van der Waals surface area contributed by atoms with Crippen LogP contribution in [-0.2, 0) is 26.2 Å². The molecule has 0 aliphatic carbocycles. The van der Waals surface area contributed by atoms with Crippen LogP contribution in [0.3, 0.4) is 0 Å². The van der Waals surface area contributed by atoms with Gasteiger partial charge in [-0.15, -0.1) is 0 Å². The summed E-state index contributed by atoms with van der Waals surface area (Å²) in [6, 6.07) is 14.1. The van der Waals surface area contributed by atoms with E-state index in [1.165, 1.54) is 16.4 Å². The van der Waals surface area contributed by atoms with Crippen LogP contribution in [0.1, 0.15) is 18.4 Å². The number of hydrogen-bond acceptors (Lipinski definition) is 5. The standard InChI is InChI=1S/C22H20ClFN2O4S/c23-21-17(13-16-3-1-2-4-20(16)25-21)14-30-22(27)15-9-11-26(12-10-15)31(28,29)19-7-5-18(24)6-8-19/h1-8,13,15H,9-12,14H2. The quantitative estimate of drug-likeness (QED) is 0.420. The van der Waals surface area contributed by atoms with Gasteiger partial charge >= 0.3 is 5.97 Å². The van der Waals surface area contributed by atoms with E-state index in [0.717, 1.165) is 23.0 Å². The summed E-state index contributed by atoms with van der Waals surface area (Å²) in [5, 5.41) is 1.18. The van der Waals surface area contributed by atoms with Crippen LogP contribution in [0.2, 0.25) is 5.15 Å². The molecule has 0 unspecified atom stereocenters. The number of para-hydroxylation sites is 1. The van der Waals surface area contributed by atoms with Crippen molar-refractivity contribution in [1.29, 1.82) is 0 Å². The van der Waals surface area contributed by atoms with Crippen molar-refractivity contribution >= 4 is 38.5 Å². The van der Waals surface area contributed by atoms with Crippen molar-refractivity contribution in [3.05, 3.63) is 71.1 Å². The summed E-state index contributed by atoms with van der Waals surface area (Å²) in [6.45, 7) is 0.388. The van der Waals surface area contributed by atoms with Crippen LogP contribution in [0.4, 0.5) is 4.39 Å². The number of piperidine rings is 1. The molecule has 4 rings (SSSR count). The average Bonchev–Trinajstić information content (AvgIpc) is 2.78. The summed E-state index contributed by atoms with van der Waals surface area (Å²) in [6.07, 6.45) is 0.700. The molecule has 2 aromatic carbocycles. The summed E-state index contributed by atoms with van der Waals surface area (Å²) >= 11 is 6.21. The number of benzene rings is 2. The lowest BCUT2D eigenvalue weighted by molar-refractivity contribution is -0.151. The van der Waals surface area contributed by atoms with Gasteiger partial charge in [0.1, 0.15) is 17.6 Å². The molecule has 0 atom stereocenters. The van der Waals surface area contributed by atoms with Crippen LogP contribution in [0, 0.1) is 11.7 Å². The Morgan fingerprint density at radius 1 is 1.13 bits per heavy atom. The Bertz CT molecular complexity index is 1210. The maximum atomic E-state index is 13.1. The first kappa shape index (κ1) is 21.7. The van der Waals surface area contributed by atoms with Crippen LogP contribution in [0.5, 0.6) is 0 Å². The number of halogens is 2. The molecule has 6 nitrogen and oxygen atoms in total. The molecule has 0 spiro atoms. The molecule has 2 heterocycles. The number of esters is 1. The molecule has 0 N–H and O–H groups in total. The molecule has 0 radical (unpaired) electrons. The number of ether oxygens (including phenoxy) is 1. The van der Waals surface area contributed by atoms with Crippen LogP contribution >= 0.6 is 11.6 Å². The first-order chi connectivity index (χ1) is 14.8. The van der Waals surface area contributed by atoms with Gasteiger partial charge in [-0.25, -0.2) is 17.8 Å². The summed E-state index contributed by atoms with van der Waals surface area (Å²) in [4.78, 5) is 16.9. The van der Waals surface area contributed by atoms with E-state index < -0.39 is 21.8 Å². The zero-order chi connectivity index (χ0) is 22.0. The fourth-order valence-electron chi connectivity index (χ4n) is 3.59. The van der Waals surface area contributed by atoms with Gasteiger partial charge in [-0.3, -0.25) is 4.79 Å². The molecule has 0 bridgehead atoms. The molecule has 162 valence electrons. The van der Waals surface area contributed by atoms with E-state index in [-0.39, 0.29) is 35.7 Å². The first-order valence-electron chi connectivity index (χ1n) is 9.81. The molecule has 9 heteroatoms. The summed E-state index contributed by atoms with van der Waals surface area (Å²) in [5.41, 5.74) is 1.38. The van der Waals surface area contributed by atoms with Crippen LogP contribution < -0.4 is 0 Å². The molecule has 1 aliphatic heterocycles. The molecule has 1 saturated heterocycles. The van der Waals surface area contributed by atoms with Crippen molar-refractivity contribution in [3.8, 4) is 0 Å². The second kappa shape index (κ2) is 8.90. The largest absolute Gasteiger partial charge is 0.460 e. The number of fused-ring (bicyclic) bond motifs is 1. The van der Waals surface area contributed by atoms with Crippen molar-refractivity contribution in [2.75, 3.05) is 13.1 Å². The number of sulfonamides is 1. The molecule has 1 aromatic heterocycles. The average molecular weight is 463 g/mol. The van der Waals surface area contributed by atoms with Gasteiger partial charge in [-0.2, -0.15) is 4.31 Å². The molecular formula is C22H20ClFN2O4S. The van der Waals surface area contributed by atoms with Crippen LogP contribution in [0.15, 0.2) is 59.5 Å². The van der Waals surface area contributed by atoms with Gasteiger partial charge < -0.3 is 4.74 Å². The number of rotatable bonds is 5. The van der Waals surface area contributed by atoms with E-state index in [0.29, 0.717) is 18.4 Å². The first-order valence-corrected chi connectivity index (χ1v) is 11.6. The van der Waals surface area contributed by atoms with Crippen LogP contribution in [0.25, 0.3) is 10.9 Å². The van der Waals surface area contributed by atoms with Gasteiger partial charge in [0.25, 0.3) is 0 Å². The highest BCUT2D eigenvalue weighted by molar-refractivity contribution is 7.89. The minimum atomic E-state index is -3.72. The zero-order valence-electron chi connectivity index (χ0n) is 16.5. The van der Waals surface area contributed by atoms with Gasteiger partial charge in [0, 0.05) is 24.0 Å². The fourth-order valence-corrected chi connectivity index (χ4v) is 5.26. The van der Waals surface area contributed by atoms with E-state index in [9.17, 15) is 17.6 Å². The Morgan fingerprint density at radius 3 is 2.52 bits per heavy atom. The Kier molecular flexibility index (Phi) is 6.22. The topological polar surface area (TPSA) is 76.6 Å². The third kappa shape index (κ3) is 4.71. The molecule has 1 aliphatic rings. The van der Waals surface area contributed by atoms with Crippen molar-refractivity contribution in [2.24, 2.45) is 5.92 Å². The summed E-state index contributed by atoms with van der Waals surface area (Å²) < 4.78 is 45.2. The van der Waals surface area contributed by atoms with E-state index in [4.69, 9.17) is 16.3 Å². The molecule has 0 saturated carbocycles. The molecule has 3 aromatic rings. The van der Waals surface area contributed by atoms with Gasteiger partial charge in [-0.1, -0.05) is 29.8 Å². The van der Waals surface area contributed by atoms with Gasteiger partial charge in [0.05, 0.1) is 16.3 Å². The van der Waals surface area contributed by atoms with Gasteiger partial charge in [0.2, 0.25) is 10.0 Å². The molecule has 1 fully saturated rings. The number of nitrogens with zero attached hydrogens (tertiary/aromatic N) is 2. The monoisotopic (exact) mass is 462 g/mol. The Balaban J connectivity index is 1.35. The van der Waals surface area contributed by atoms with Gasteiger partial charge in [0.15, 0.2) is 0 Å². The van der Waals surface area contributed by atoms with E-state index >= 15 is 0 Å². The maximum Gasteiger partial charge on any atom is 0.309 e. The lowest BCUT2D eigenvalue weighted by Gasteiger charge is -2.30. The third-order valence-corrected chi connectivity index (χ3v) is 7.60. The SMILES string of the molecule is O=C(OCc1cc2ccccc2nc1Cl)C1CCN(S(=O)(=O)c2ccc(F)cc2)CC1. The Morgan fingerprint density at radius 2 is 1.81 bits per heavy atom. The predicted molar refractivity (Wildman–Crippen MR) is 114 cm³/mol. The Labute approximate surface area is 184 Å². The number of pyridine rings is 1. The predicted octanol–water partition coefficient (Wildman–Crippen LogP) is 4.17. The van der Waals surface area contributed by atoms with Crippen molar-refractivity contribution in [2.45, 2.75) is 24.3 Å². The van der Waals surface area contributed by atoms with Gasteiger partial charge in [-0.05, 0) is 49.2 Å². The highest BCUT2D eigenvalue weighted by Gasteiger charge is 2.32. The number of carbonyl (C=O) groups is 1. The lowest BCUT2D eigenvalue weighted by Crippen LogP contribution is -2.40. The summed E-state index contributed by atoms with van der Waals surface area (Å²) in [7, 11) is -3.72. The van der Waals surface area contributed by atoms with E-state index in [2.05, 4.69) is 4.98 Å².